The van der Waals surface area contributed by atoms with Gasteiger partial charge < -0.3 is 14.7 Å². The van der Waals surface area contributed by atoms with Crippen LogP contribution in [0.4, 0.5) is 14.5 Å². The molecule has 0 bridgehead atoms. The van der Waals surface area contributed by atoms with Crippen LogP contribution in [-0.2, 0) is 17.8 Å². The fourth-order valence-electron chi connectivity index (χ4n) is 6.73. The predicted molar refractivity (Wildman–Crippen MR) is 188 cm³/mol. The highest BCUT2D eigenvalue weighted by molar-refractivity contribution is 6.30. The Morgan fingerprint density at radius 2 is 1.57 bits per heavy atom. The second-order valence-corrected chi connectivity index (χ2v) is 12.8. The Kier molecular flexibility index (Phi) is 10.2. The van der Waals surface area contributed by atoms with Crippen molar-refractivity contribution in [2.45, 2.75) is 45.2 Å². The van der Waals surface area contributed by atoms with E-state index in [0.717, 1.165) is 77.8 Å². The average Bonchev–Trinajstić information content (AvgIpc) is 3.10. The molecule has 0 aliphatic carbocycles. The van der Waals surface area contributed by atoms with Crippen LogP contribution in [0.1, 0.15) is 42.9 Å². The number of amides is 1. The van der Waals surface area contributed by atoms with E-state index in [1.165, 1.54) is 6.07 Å². The van der Waals surface area contributed by atoms with E-state index in [2.05, 4.69) is 47.6 Å². The third-order valence-electron chi connectivity index (χ3n) is 9.45. The number of likely N-dealkylation sites (tertiary alicyclic amines) is 1. The van der Waals surface area contributed by atoms with Crippen molar-refractivity contribution in [3.8, 4) is 11.1 Å². The van der Waals surface area contributed by atoms with Gasteiger partial charge in [0.05, 0.1) is 0 Å². The molecule has 6 rings (SSSR count). The number of carbonyl (C=O) groups is 1. The number of anilines is 1. The van der Waals surface area contributed by atoms with Crippen LogP contribution in [0.25, 0.3) is 16.7 Å². The molecular formula is C40H40ClF2N3O. The molecule has 0 saturated carbocycles. The van der Waals surface area contributed by atoms with Crippen molar-refractivity contribution in [3.05, 3.63) is 143 Å². The minimum atomic E-state index is -0.854. The highest BCUT2D eigenvalue weighted by Gasteiger charge is 2.31. The largest absolute Gasteiger partial charge is 0.335 e. The average molecular weight is 652 g/mol. The summed E-state index contributed by atoms with van der Waals surface area (Å²) in [5, 5.41) is 0.702. The van der Waals surface area contributed by atoms with E-state index in [1.54, 1.807) is 6.07 Å². The molecule has 1 fully saturated rings. The topological polar surface area (TPSA) is 26.8 Å². The van der Waals surface area contributed by atoms with Crippen LogP contribution in [0.3, 0.4) is 0 Å². The van der Waals surface area contributed by atoms with Crippen molar-refractivity contribution < 1.29 is 13.6 Å². The van der Waals surface area contributed by atoms with Crippen molar-refractivity contribution >= 4 is 28.8 Å². The van der Waals surface area contributed by atoms with Crippen molar-refractivity contribution in [2.24, 2.45) is 0 Å². The molecule has 2 heterocycles. The highest BCUT2D eigenvalue weighted by atomic mass is 35.5. The van der Waals surface area contributed by atoms with Gasteiger partial charge in [0.2, 0.25) is 5.91 Å². The molecule has 242 valence electrons. The van der Waals surface area contributed by atoms with Gasteiger partial charge in [0.15, 0.2) is 11.6 Å². The number of aryl methyl sites for hydroxylation is 1. The summed E-state index contributed by atoms with van der Waals surface area (Å²) in [6.45, 7) is 10.0. The first kappa shape index (κ1) is 32.7. The van der Waals surface area contributed by atoms with E-state index >= 15 is 0 Å². The summed E-state index contributed by atoms with van der Waals surface area (Å²) < 4.78 is 28.6. The van der Waals surface area contributed by atoms with Crippen LogP contribution in [0.5, 0.6) is 0 Å². The van der Waals surface area contributed by atoms with Gasteiger partial charge in [-0.1, -0.05) is 91.8 Å². The summed E-state index contributed by atoms with van der Waals surface area (Å²) in [5.74, 6) is -1.64. The first-order valence-electron chi connectivity index (χ1n) is 16.4. The normalized spacial score (nSPS) is 15.4. The van der Waals surface area contributed by atoms with Gasteiger partial charge in [0.1, 0.15) is 6.54 Å². The zero-order valence-corrected chi connectivity index (χ0v) is 27.5. The van der Waals surface area contributed by atoms with Crippen LogP contribution in [0.15, 0.2) is 109 Å². The van der Waals surface area contributed by atoms with Crippen molar-refractivity contribution in [1.82, 2.24) is 9.80 Å². The number of piperidine rings is 1. The maximum atomic E-state index is 14.6. The standard InChI is InChI=1S/C40H40ClF2N3O/c1-3-44-23-21-34(22-24-44)46(26-29-11-13-30(14-12-29)31-15-18-33(41)19-16-31)39(47)27-45-35(20-17-32-7-6-9-37(42)40(32)43)25-28(2)36-8-4-5-10-38(36)45/h4-16,18-19,25,34H,2-3,17,20-24,26-27H2,1H3. The lowest BCUT2D eigenvalue weighted by molar-refractivity contribution is -0.133. The molecular weight excluding hydrogens is 612 g/mol. The van der Waals surface area contributed by atoms with Crippen LogP contribution < -0.4 is 4.90 Å². The number of para-hydroxylation sites is 1. The maximum absolute atomic E-state index is 14.6. The second-order valence-electron chi connectivity index (χ2n) is 12.4. The molecule has 2 aliphatic rings. The number of carbonyl (C=O) groups excluding carboxylic acids is 1. The highest BCUT2D eigenvalue weighted by Crippen LogP contribution is 2.37. The fourth-order valence-corrected chi connectivity index (χ4v) is 6.85. The van der Waals surface area contributed by atoms with Gasteiger partial charge in [0.25, 0.3) is 0 Å². The SMILES string of the molecule is C=C1C=C(CCc2cccc(F)c2F)N(CC(=O)N(Cc2ccc(-c3ccc(Cl)cc3)cc2)C2CCN(CC)CC2)c2ccccc21. The Labute approximate surface area is 281 Å². The first-order chi connectivity index (χ1) is 22.8. The minimum absolute atomic E-state index is 0.0341. The summed E-state index contributed by atoms with van der Waals surface area (Å²) >= 11 is 6.09. The van der Waals surface area contributed by atoms with Crippen molar-refractivity contribution in [2.75, 3.05) is 31.1 Å². The number of hydrogen-bond donors (Lipinski definition) is 0. The number of benzene rings is 4. The number of fused-ring (bicyclic) bond motifs is 1. The molecule has 0 N–H and O–H groups in total. The molecule has 0 unspecified atom stereocenters. The fraction of sp³-hybridized carbons (Fsp3) is 0.275. The van der Waals surface area contributed by atoms with Gasteiger partial charge in [-0.3, -0.25) is 4.79 Å². The molecule has 47 heavy (non-hydrogen) atoms. The Balaban J connectivity index is 1.26. The molecule has 0 aromatic heterocycles. The van der Waals surface area contributed by atoms with E-state index in [9.17, 15) is 13.6 Å². The predicted octanol–water partition coefficient (Wildman–Crippen LogP) is 9.15. The second kappa shape index (κ2) is 14.7. The molecule has 2 aliphatic heterocycles. The van der Waals surface area contributed by atoms with Crippen molar-refractivity contribution in [3.63, 3.8) is 0 Å². The molecule has 4 nitrogen and oxygen atoms in total. The molecule has 4 aromatic rings. The molecule has 7 heteroatoms. The van der Waals surface area contributed by atoms with Gasteiger partial charge in [-0.25, -0.2) is 8.78 Å². The Morgan fingerprint density at radius 1 is 0.894 bits per heavy atom. The summed E-state index contributed by atoms with van der Waals surface area (Å²) in [6.07, 6.45) is 4.54. The number of nitrogens with zero attached hydrogens (tertiary/aromatic N) is 3. The zero-order chi connectivity index (χ0) is 32.9. The number of halogens is 3. The van der Waals surface area contributed by atoms with Gasteiger partial charge in [0, 0.05) is 47.6 Å². The lowest BCUT2D eigenvalue weighted by Crippen LogP contribution is -2.50. The van der Waals surface area contributed by atoms with Gasteiger partial charge in [-0.05, 0) is 90.4 Å². The Bertz CT molecular complexity index is 1760. The number of rotatable bonds is 10. The zero-order valence-electron chi connectivity index (χ0n) is 26.8. The van der Waals surface area contributed by atoms with Gasteiger partial charge >= 0.3 is 0 Å². The summed E-state index contributed by atoms with van der Waals surface area (Å²) in [5.41, 5.74) is 7.12. The molecule has 0 spiro atoms. The van der Waals surface area contributed by atoms with E-state index in [1.807, 2.05) is 59.5 Å². The van der Waals surface area contributed by atoms with Crippen LogP contribution >= 0.6 is 11.6 Å². The van der Waals surface area contributed by atoms with E-state index in [0.29, 0.717) is 30.0 Å². The smallest absolute Gasteiger partial charge is 0.243 e. The maximum Gasteiger partial charge on any atom is 0.243 e. The summed E-state index contributed by atoms with van der Waals surface area (Å²) in [7, 11) is 0. The number of allylic oxidation sites excluding steroid dienone is 3. The quantitative estimate of drug-likeness (QED) is 0.171. The number of hydrogen-bond acceptors (Lipinski definition) is 3. The van der Waals surface area contributed by atoms with Crippen molar-refractivity contribution in [1.29, 1.82) is 0 Å². The van der Waals surface area contributed by atoms with Crippen LogP contribution in [0.2, 0.25) is 5.02 Å². The molecule has 0 radical (unpaired) electrons. The summed E-state index contributed by atoms with van der Waals surface area (Å²) in [4.78, 5) is 21.0. The van der Waals surface area contributed by atoms with Crippen LogP contribution in [0, 0.1) is 11.6 Å². The van der Waals surface area contributed by atoms with E-state index in [-0.39, 0.29) is 18.5 Å². The van der Waals surface area contributed by atoms with E-state index < -0.39 is 11.6 Å². The molecule has 1 saturated heterocycles. The Hall–Kier alpha value is -4.26. The molecule has 0 atom stereocenters. The molecule has 4 aromatic carbocycles. The van der Waals surface area contributed by atoms with Gasteiger partial charge in [-0.15, -0.1) is 0 Å². The lowest BCUT2D eigenvalue weighted by atomic mass is 9.95. The third-order valence-corrected chi connectivity index (χ3v) is 9.71. The van der Waals surface area contributed by atoms with E-state index in [4.69, 9.17) is 11.6 Å². The minimum Gasteiger partial charge on any atom is -0.335 e. The third kappa shape index (κ3) is 7.50. The van der Waals surface area contributed by atoms with Gasteiger partial charge in [-0.2, -0.15) is 0 Å². The van der Waals surface area contributed by atoms with Crippen LogP contribution in [-0.4, -0.2) is 47.9 Å². The first-order valence-corrected chi connectivity index (χ1v) is 16.7. The lowest BCUT2D eigenvalue weighted by Gasteiger charge is -2.40. The monoisotopic (exact) mass is 651 g/mol. The molecule has 1 amide bonds. The summed E-state index contributed by atoms with van der Waals surface area (Å²) in [6, 6.07) is 28.5. The Morgan fingerprint density at radius 3 is 2.28 bits per heavy atom.